The molecular weight excluding hydrogens is 164 g/mol. The lowest BCUT2D eigenvalue weighted by Gasteiger charge is -1.82. The number of halogens is 1. The van der Waals surface area contributed by atoms with Crippen LogP contribution in [0.4, 0.5) is 0 Å². The third-order valence-electron chi connectivity index (χ3n) is 0.549. The van der Waals surface area contributed by atoms with Crippen LogP contribution < -0.4 is 0 Å². The molecule has 0 rings (SSSR count). The highest BCUT2D eigenvalue weighted by molar-refractivity contribution is 9.11. The molecule has 0 bridgehead atoms. The number of hydrogen-bond donors (Lipinski definition) is 0. The van der Waals surface area contributed by atoms with E-state index < -0.39 is 0 Å². The van der Waals surface area contributed by atoms with Gasteiger partial charge in [0.1, 0.15) is 0 Å². The van der Waals surface area contributed by atoms with Crippen LogP contribution in [0.3, 0.4) is 0 Å². The fraction of sp³-hybridized carbons (Fsp3) is 0.143. The van der Waals surface area contributed by atoms with Gasteiger partial charge in [-0.25, -0.2) is 0 Å². The van der Waals surface area contributed by atoms with E-state index in [4.69, 9.17) is 0 Å². The van der Waals surface area contributed by atoms with Crippen LogP contribution in [0, 0.1) is 0 Å². The molecule has 44 valence electrons. The molecule has 0 nitrogen and oxygen atoms in total. The molecule has 0 amide bonds. The molecule has 0 spiro atoms. The van der Waals surface area contributed by atoms with Crippen LogP contribution in [0.15, 0.2) is 35.4 Å². The van der Waals surface area contributed by atoms with E-state index >= 15 is 0 Å². The highest BCUT2D eigenvalue weighted by Gasteiger charge is 1.74. The van der Waals surface area contributed by atoms with Crippen LogP contribution in [0.1, 0.15) is 6.92 Å². The molecule has 0 heterocycles. The molecule has 0 aliphatic rings. The van der Waals surface area contributed by atoms with Crippen molar-refractivity contribution in [3.05, 3.63) is 35.4 Å². The largest absolute Gasteiger partial charge is 0.0961 e. The van der Waals surface area contributed by atoms with Crippen LogP contribution in [-0.4, -0.2) is 0 Å². The summed E-state index contributed by atoms with van der Waals surface area (Å²) in [7, 11) is 0. The van der Waals surface area contributed by atoms with Crippen molar-refractivity contribution in [2.24, 2.45) is 0 Å². The predicted octanol–water partition coefficient (Wildman–Crippen LogP) is 3.03. The molecular formula is C7H9Br. The normalized spacial score (nSPS) is 9.75. The first-order valence-electron chi connectivity index (χ1n) is 2.31. The van der Waals surface area contributed by atoms with Crippen molar-refractivity contribution in [1.82, 2.24) is 0 Å². The average molecular weight is 173 g/mol. The Morgan fingerprint density at radius 3 is 2.00 bits per heavy atom. The first-order valence-corrected chi connectivity index (χ1v) is 3.10. The first-order chi connectivity index (χ1) is 3.63. The van der Waals surface area contributed by atoms with Crippen LogP contribution in [-0.2, 0) is 0 Å². The zero-order valence-corrected chi connectivity index (χ0v) is 6.53. The van der Waals surface area contributed by atoms with E-state index in [1.165, 1.54) is 0 Å². The fourth-order valence-electron chi connectivity index (χ4n) is 0.233. The summed E-state index contributed by atoms with van der Waals surface area (Å²) in [6, 6.07) is 0. The van der Waals surface area contributed by atoms with E-state index in [0.29, 0.717) is 0 Å². The molecule has 0 radical (unpaired) electrons. The summed E-state index contributed by atoms with van der Waals surface area (Å²) < 4.78 is 0.875. The van der Waals surface area contributed by atoms with Crippen LogP contribution in [0.2, 0.25) is 0 Å². The lowest BCUT2D eigenvalue weighted by atomic mass is 10.3. The van der Waals surface area contributed by atoms with Gasteiger partial charge in [-0.05, 0) is 13.0 Å². The summed E-state index contributed by atoms with van der Waals surface area (Å²) in [5.41, 5.74) is 1.03. The second-order valence-corrected chi connectivity index (χ2v) is 2.65. The maximum Gasteiger partial charge on any atom is 0.0103 e. The Labute approximate surface area is 58.7 Å². The van der Waals surface area contributed by atoms with Gasteiger partial charge in [0.05, 0.1) is 0 Å². The molecule has 0 aromatic carbocycles. The van der Waals surface area contributed by atoms with Gasteiger partial charge in [-0.3, -0.25) is 0 Å². The fourth-order valence-corrected chi connectivity index (χ4v) is 0.365. The third-order valence-corrected chi connectivity index (χ3v) is 0.813. The van der Waals surface area contributed by atoms with Gasteiger partial charge in [0, 0.05) is 4.48 Å². The maximum atomic E-state index is 3.68. The van der Waals surface area contributed by atoms with Crippen molar-refractivity contribution in [2.75, 3.05) is 0 Å². The van der Waals surface area contributed by atoms with E-state index in [0.717, 1.165) is 10.1 Å². The van der Waals surface area contributed by atoms with Gasteiger partial charge in [0.25, 0.3) is 0 Å². The van der Waals surface area contributed by atoms with Gasteiger partial charge in [-0.15, -0.1) is 0 Å². The minimum atomic E-state index is 0.875. The Kier molecular flexibility index (Phi) is 3.53. The van der Waals surface area contributed by atoms with E-state index in [1.54, 1.807) is 0 Å². The van der Waals surface area contributed by atoms with E-state index in [1.807, 2.05) is 19.1 Å². The van der Waals surface area contributed by atoms with E-state index in [2.05, 4.69) is 29.1 Å². The Balaban J connectivity index is 3.67. The summed E-state index contributed by atoms with van der Waals surface area (Å²) in [5, 5.41) is 0. The molecule has 8 heavy (non-hydrogen) atoms. The van der Waals surface area contributed by atoms with Gasteiger partial charge < -0.3 is 0 Å². The van der Waals surface area contributed by atoms with Gasteiger partial charge >= 0.3 is 0 Å². The monoisotopic (exact) mass is 172 g/mol. The summed E-state index contributed by atoms with van der Waals surface area (Å²) >= 11 is 3.18. The molecule has 0 aliphatic carbocycles. The SMILES string of the molecule is C=C(C)C=CC(=C)Br. The van der Waals surface area contributed by atoms with Gasteiger partial charge in [-0.2, -0.15) is 0 Å². The Hall–Kier alpha value is -0.300. The third kappa shape index (κ3) is 5.70. The molecule has 0 aromatic heterocycles. The predicted molar refractivity (Wildman–Crippen MR) is 42.0 cm³/mol. The van der Waals surface area contributed by atoms with Crippen molar-refractivity contribution in [3.8, 4) is 0 Å². The van der Waals surface area contributed by atoms with Crippen LogP contribution in [0.5, 0.6) is 0 Å². The van der Waals surface area contributed by atoms with Gasteiger partial charge in [0.2, 0.25) is 0 Å². The van der Waals surface area contributed by atoms with Gasteiger partial charge in [-0.1, -0.05) is 40.7 Å². The molecule has 1 heteroatoms. The topological polar surface area (TPSA) is 0 Å². The molecule has 0 unspecified atom stereocenters. The van der Waals surface area contributed by atoms with Crippen molar-refractivity contribution in [1.29, 1.82) is 0 Å². The second kappa shape index (κ2) is 3.67. The van der Waals surface area contributed by atoms with E-state index in [9.17, 15) is 0 Å². The summed E-state index contributed by atoms with van der Waals surface area (Å²) in [4.78, 5) is 0. The summed E-state index contributed by atoms with van der Waals surface area (Å²) in [6.45, 7) is 9.23. The van der Waals surface area contributed by atoms with Crippen LogP contribution in [0.25, 0.3) is 0 Å². The molecule has 0 atom stereocenters. The minimum Gasteiger partial charge on any atom is -0.0961 e. The first kappa shape index (κ1) is 7.70. The Morgan fingerprint density at radius 2 is 1.88 bits per heavy atom. The Morgan fingerprint density at radius 1 is 1.38 bits per heavy atom. The molecule has 0 N–H and O–H groups in total. The maximum absolute atomic E-state index is 3.68. The highest BCUT2D eigenvalue weighted by Crippen LogP contribution is 2.03. The van der Waals surface area contributed by atoms with Crippen molar-refractivity contribution in [2.45, 2.75) is 6.92 Å². The van der Waals surface area contributed by atoms with Crippen molar-refractivity contribution < 1.29 is 0 Å². The summed E-state index contributed by atoms with van der Waals surface area (Å²) in [5.74, 6) is 0. The average Bonchev–Trinajstić information content (AvgIpc) is 1.61. The van der Waals surface area contributed by atoms with Gasteiger partial charge in [0.15, 0.2) is 0 Å². The number of rotatable bonds is 2. The molecule has 0 saturated carbocycles. The van der Waals surface area contributed by atoms with Crippen molar-refractivity contribution in [3.63, 3.8) is 0 Å². The minimum absolute atomic E-state index is 0.875. The standard InChI is InChI=1S/C7H9Br/c1-6(2)4-5-7(3)8/h4-5H,1,3H2,2H3. The lowest BCUT2D eigenvalue weighted by Crippen LogP contribution is -1.59. The molecule has 0 saturated heterocycles. The molecule has 0 fully saturated rings. The second-order valence-electron chi connectivity index (χ2n) is 1.63. The summed E-state index contributed by atoms with van der Waals surface area (Å²) in [6.07, 6.45) is 3.76. The zero-order valence-electron chi connectivity index (χ0n) is 4.95. The Bertz CT molecular complexity index is 115. The number of allylic oxidation sites excluding steroid dienone is 4. The zero-order chi connectivity index (χ0) is 6.57. The number of hydrogen-bond acceptors (Lipinski definition) is 0. The van der Waals surface area contributed by atoms with Crippen LogP contribution >= 0.6 is 15.9 Å². The molecule has 0 aliphatic heterocycles. The quantitative estimate of drug-likeness (QED) is 0.563. The van der Waals surface area contributed by atoms with Crippen molar-refractivity contribution >= 4 is 15.9 Å². The van der Waals surface area contributed by atoms with E-state index in [-0.39, 0.29) is 0 Å². The smallest absolute Gasteiger partial charge is 0.0103 e. The highest BCUT2D eigenvalue weighted by atomic mass is 79.9. The molecule has 0 aromatic rings. The lowest BCUT2D eigenvalue weighted by molar-refractivity contribution is 1.56.